The van der Waals surface area contributed by atoms with Crippen molar-refractivity contribution < 1.29 is 4.74 Å². The number of anilines is 2. The van der Waals surface area contributed by atoms with Crippen LogP contribution in [0.4, 0.5) is 11.8 Å². The third-order valence-electron chi connectivity index (χ3n) is 3.20. The summed E-state index contributed by atoms with van der Waals surface area (Å²) in [6, 6.07) is 0. The number of rotatable bonds is 4. The van der Waals surface area contributed by atoms with Gasteiger partial charge in [0.2, 0.25) is 5.95 Å². The van der Waals surface area contributed by atoms with Crippen molar-refractivity contribution >= 4 is 11.8 Å². The zero-order valence-corrected chi connectivity index (χ0v) is 11.7. The van der Waals surface area contributed by atoms with Crippen LogP contribution in [0.25, 0.3) is 0 Å². The molecule has 1 saturated heterocycles. The maximum Gasteiger partial charge on any atom is 0.227 e. The van der Waals surface area contributed by atoms with Gasteiger partial charge in [-0.05, 0) is 19.8 Å². The van der Waals surface area contributed by atoms with Gasteiger partial charge >= 0.3 is 0 Å². The van der Waals surface area contributed by atoms with Crippen LogP contribution < -0.4 is 9.80 Å². The molecule has 2 rings (SSSR count). The van der Waals surface area contributed by atoms with E-state index in [9.17, 15) is 0 Å². The van der Waals surface area contributed by atoms with Crippen molar-refractivity contribution in [2.75, 3.05) is 44.1 Å². The first kappa shape index (κ1) is 13.1. The van der Waals surface area contributed by atoms with Crippen LogP contribution in [0.5, 0.6) is 0 Å². The molecule has 1 atom stereocenters. The molecule has 5 nitrogen and oxygen atoms in total. The second-order valence-electron chi connectivity index (χ2n) is 5.09. The molecular formula is C13H22N4O. The Morgan fingerprint density at radius 2 is 2.17 bits per heavy atom. The molecule has 1 aliphatic rings. The number of hydrogen-bond donors (Lipinski definition) is 0. The number of ether oxygens (including phenoxy) is 1. The highest BCUT2D eigenvalue weighted by molar-refractivity contribution is 5.48. The Labute approximate surface area is 109 Å². The van der Waals surface area contributed by atoms with Crippen molar-refractivity contribution in [3.63, 3.8) is 0 Å². The lowest BCUT2D eigenvalue weighted by molar-refractivity contribution is 0.116. The summed E-state index contributed by atoms with van der Waals surface area (Å²) in [6.07, 6.45) is 4.50. The largest absolute Gasteiger partial charge is 0.376 e. The standard InChI is InChI=1S/C13H22N4O/c1-10-8-14-13(15-12(10)16(2)3)17(4)9-11-6-5-7-18-11/h8,11H,5-7,9H2,1-4H3/t11-/m0/s1. The first-order valence-corrected chi connectivity index (χ1v) is 6.41. The van der Waals surface area contributed by atoms with E-state index in [1.54, 1.807) is 0 Å². The quantitative estimate of drug-likeness (QED) is 0.809. The van der Waals surface area contributed by atoms with Crippen molar-refractivity contribution in [2.24, 2.45) is 0 Å². The minimum absolute atomic E-state index is 0.322. The molecular weight excluding hydrogens is 228 g/mol. The van der Waals surface area contributed by atoms with Gasteiger partial charge in [-0.15, -0.1) is 0 Å². The maximum atomic E-state index is 5.64. The van der Waals surface area contributed by atoms with Crippen molar-refractivity contribution in [3.05, 3.63) is 11.8 Å². The molecule has 1 aromatic heterocycles. The predicted molar refractivity (Wildman–Crippen MR) is 73.3 cm³/mol. The van der Waals surface area contributed by atoms with Crippen LogP contribution in [-0.4, -0.2) is 50.4 Å². The van der Waals surface area contributed by atoms with Gasteiger partial charge in [-0.1, -0.05) is 0 Å². The lowest BCUT2D eigenvalue weighted by Crippen LogP contribution is -2.30. The van der Waals surface area contributed by atoms with E-state index in [2.05, 4.69) is 14.9 Å². The fourth-order valence-corrected chi connectivity index (χ4v) is 2.24. The highest BCUT2D eigenvalue weighted by Gasteiger charge is 2.19. The first-order chi connectivity index (χ1) is 8.58. The van der Waals surface area contributed by atoms with E-state index in [-0.39, 0.29) is 0 Å². The molecule has 0 radical (unpaired) electrons. The van der Waals surface area contributed by atoms with E-state index < -0.39 is 0 Å². The summed E-state index contributed by atoms with van der Waals surface area (Å²) in [7, 11) is 6.02. The monoisotopic (exact) mass is 250 g/mol. The van der Waals surface area contributed by atoms with Crippen LogP contribution in [0.2, 0.25) is 0 Å². The predicted octanol–water partition coefficient (Wildman–Crippen LogP) is 1.47. The molecule has 5 heteroatoms. The van der Waals surface area contributed by atoms with Crippen LogP contribution >= 0.6 is 0 Å². The van der Waals surface area contributed by atoms with Gasteiger partial charge in [0.05, 0.1) is 6.10 Å². The van der Waals surface area contributed by atoms with E-state index in [0.717, 1.165) is 43.3 Å². The fourth-order valence-electron chi connectivity index (χ4n) is 2.24. The molecule has 0 bridgehead atoms. The Kier molecular flexibility index (Phi) is 4.01. The number of aryl methyl sites for hydroxylation is 1. The molecule has 1 fully saturated rings. The van der Waals surface area contributed by atoms with Crippen molar-refractivity contribution in [1.82, 2.24) is 9.97 Å². The van der Waals surface area contributed by atoms with E-state index in [0.29, 0.717) is 6.10 Å². The zero-order chi connectivity index (χ0) is 13.1. The highest BCUT2D eigenvalue weighted by Crippen LogP contribution is 2.19. The number of hydrogen-bond acceptors (Lipinski definition) is 5. The Bertz CT molecular complexity index is 402. The third-order valence-corrected chi connectivity index (χ3v) is 3.20. The molecule has 100 valence electrons. The molecule has 1 aliphatic heterocycles. The molecule has 0 amide bonds. The minimum atomic E-state index is 0.322. The second kappa shape index (κ2) is 5.52. The molecule has 18 heavy (non-hydrogen) atoms. The lowest BCUT2D eigenvalue weighted by Gasteiger charge is -2.22. The Morgan fingerprint density at radius 3 is 2.78 bits per heavy atom. The van der Waals surface area contributed by atoms with E-state index in [1.165, 1.54) is 0 Å². The second-order valence-corrected chi connectivity index (χ2v) is 5.09. The highest BCUT2D eigenvalue weighted by atomic mass is 16.5. The van der Waals surface area contributed by atoms with Crippen LogP contribution in [0, 0.1) is 6.92 Å². The number of nitrogens with zero attached hydrogens (tertiary/aromatic N) is 4. The third kappa shape index (κ3) is 2.90. The zero-order valence-electron chi connectivity index (χ0n) is 11.7. The van der Waals surface area contributed by atoms with Gasteiger partial charge in [0.1, 0.15) is 5.82 Å². The van der Waals surface area contributed by atoms with Crippen LogP contribution in [-0.2, 0) is 4.74 Å². The molecule has 0 aliphatic carbocycles. The summed E-state index contributed by atoms with van der Waals surface area (Å²) in [5.41, 5.74) is 1.09. The minimum Gasteiger partial charge on any atom is -0.376 e. The Morgan fingerprint density at radius 1 is 1.39 bits per heavy atom. The average molecular weight is 250 g/mol. The SMILES string of the molecule is Cc1cnc(N(C)C[C@@H]2CCCO2)nc1N(C)C. The van der Waals surface area contributed by atoms with E-state index in [4.69, 9.17) is 4.74 Å². The summed E-state index contributed by atoms with van der Waals surface area (Å²) >= 11 is 0. The molecule has 0 aromatic carbocycles. The fraction of sp³-hybridized carbons (Fsp3) is 0.692. The van der Waals surface area contributed by atoms with Gasteiger partial charge in [-0.2, -0.15) is 4.98 Å². The summed E-state index contributed by atoms with van der Waals surface area (Å²) in [5, 5.41) is 0. The molecule has 0 N–H and O–H groups in total. The van der Waals surface area contributed by atoms with Crippen molar-refractivity contribution in [2.45, 2.75) is 25.9 Å². The lowest BCUT2D eigenvalue weighted by atomic mass is 10.2. The van der Waals surface area contributed by atoms with Crippen LogP contribution in [0.1, 0.15) is 18.4 Å². The Hall–Kier alpha value is -1.36. The normalized spacial score (nSPS) is 19.0. The van der Waals surface area contributed by atoms with Crippen LogP contribution in [0.15, 0.2) is 6.20 Å². The summed E-state index contributed by atoms with van der Waals surface area (Å²) in [6.45, 7) is 3.77. The summed E-state index contributed by atoms with van der Waals surface area (Å²) in [4.78, 5) is 13.1. The van der Waals surface area contributed by atoms with Gasteiger partial charge in [-0.25, -0.2) is 4.98 Å². The smallest absolute Gasteiger partial charge is 0.227 e. The maximum absolute atomic E-state index is 5.64. The Balaban J connectivity index is 2.09. The molecule has 0 saturated carbocycles. The van der Waals surface area contributed by atoms with Gasteiger partial charge in [0, 0.05) is 46.1 Å². The molecule has 1 aromatic rings. The molecule has 0 unspecified atom stereocenters. The average Bonchev–Trinajstić information content (AvgIpc) is 2.81. The topological polar surface area (TPSA) is 41.5 Å². The molecule has 0 spiro atoms. The first-order valence-electron chi connectivity index (χ1n) is 6.41. The van der Waals surface area contributed by atoms with Crippen molar-refractivity contribution in [3.8, 4) is 0 Å². The van der Waals surface area contributed by atoms with Gasteiger partial charge in [0.15, 0.2) is 0 Å². The van der Waals surface area contributed by atoms with Crippen molar-refractivity contribution in [1.29, 1.82) is 0 Å². The van der Waals surface area contributed by atoms with Gasteiger partial charge in [0.25, 0.3) is 0 Å². The van der Waals surface area contributed by atoms with E-state index in [1.807, 2.05) is 39.2 Å². The number of likely N-dealkylation sites (N-methyl/N-ethyl adjacent to an activating group) is 1. The van der Waals surface area contributed by atoms with Gasteiger partial charge < -0.3 is 14.5 Å². The summed E-state index contributed by atoms with van der Waals surface area (Å²) in [5.74, 6) is 1.74. The summed E-state index contributed by atoms with van der Waals surface area (Å²) < 4.78 is 5.64. The molecule has 2 heterocycles. The number of aromatic nitrogens is 2. The van der Waals surface area contributed by atoms with Crippen LogP contribution in [0.3, 0.4) is 0 Å². The van der Waals surface area contributed by atoms with E-state index >= 15 is 0 Å². The van der Waals surface area contributed by atoms with Gasteiger partial charge in [-0.3, -0.25) is 0 Å².